The standard InChI is InChI=1S/C12H15N5OS2/c1-7(2)13-6-9-10(14-11-17(9)4-5-19-11)20-12-16-15-8(3)18-12/h4-5,7,13H,6H2,1-3H3. The summed E-state index contributed by atoms with van der Waals surface area (Å²) in [6.07, 6.45) is 2.04. The van der Waals surface area contributed by atoms with Crippen molar-refractivity contribution < 1.29 is 4.42 Å². The molecule has 0 unspecified atom stereocenters. The molecule has 0 aliphatic heterocycles. The molecule has 1 N–H and O–H groups in total. The Morgan fingerprint density at radius 3 is 3.00 bits per heavy atom. The van der Waals surface area contributed by atoms with Gasteiger partial charge in [-0.3, -0.25) is 4.40 Å². The summed E-state index contributed by atoms with van der Waals surface area (Å²) in [5.74, 6) is 0.565. The summed E-state index contributed by atoms with van der Waals surface area (Å²) in [5.41, 5.74) is 1.12. The van der Waals surface area contributed by atoms with Gasteiger partial charge in [-0.2, -0.15) is 0 Å². The van der Waals surface area contributed by atoms with Crippen molar-refractivity contribution in [3.05, 3.63) is 23.2 Å². The molecule has 3 aromatic rings. The lowest BCUT2D eigenvalue weighted by molar-refractivity contribution is 0.429. The SMILES string of the molecule is Cc1nnc(Sc2nc3sccn3c2CNC(C)C)o1. The maximum absolute atomic E-state index is 5.42. The second-order valence-electron chi connectivity index (χ2n) is 4.64. The summed E-state index contributed by atoms with van der Waals surface area (Å²) in [4.78, 5) is 5.61. The Bertz CT molecular complexity index is 714. The zero-order valence-electron chi connectivity index (χ0n) is 11.5. The first-order valence-electron chi connectivity index (χ1n) is 6.29. The second kappa shape index (κ2) is 5.55. The number of hydrogen-bond donors (Lipinski definition) is 1. The smallest absolute Gasteiger partial charge is 0.282 e. The zero-order chi connectivity index (χ0) is 14.1. The summed E-state index contributed by atoms with van der Waals surface area (Å²) in [5, 5.41) is 14.8. The number of nitrogens with zero attached hydrogens (tertiary/aromatic N) is 4. The fourth-order valence-electron chi connectivity index (χ4n) is 1.76. The molecule has 106 valence electrons. The third-order valence-electron chi connectivity index (χ3n) is 2.69. The molecule has 0 radical (unpaired) electrons. The van der Waals surface area contributed by atoms with Crippen LogP contribution in [0.25, 0.3) is 4.96 Å². The molecular formula is C12H15N5OS2. The van der Waals surface area contributed by atoms with E-state index in [1.807, 2.05) is 11.6 Å². The van der Waals surface area contributed by atoms with E-state index in [1.165, 1.54) is 11.8 Å². The maximum atomic E-state index is 5.42. The van der Waals surface area contributed by atoms with Crippen molar-refractivity contribution in [2.75, 3.05) is 0 Å². The summed E-state index contributed by atoms with van der Waals surface area (Å²) >= 11 is 3.03. The van der Waals surface area contributed by atoms with Gasteiger partial charge in [0.1, 0.15) is 5.03 Å². The summed E-state index contributed by atoms with van der Waals surface area (Å²) < 4.78 is 7.52. The quantitative estimate of drug-likeness (QED) is 0.781. The highest BCUT2D eigenvalue weighted by Crippen LogP contribution is 2.31. The summed E-state index contributed by atoms with van der Waals surface area (Å²) in [7, 11) is 0. The predicted octanol–water partition coefficient (Wildman–Crippen LogP) is 2.74. The average Bonchev–Trinajstić information content (AvgIpc) is 3.04. The lowest BCUT2D eigenvalue weighted by Gasteiger charge is -2.08. The third-order valence-corrected chi connectivity index (χ3v) is 4.31. The van der Waals surface area contributed by atoms with Crippen LogP contribution in [-0.2, 0) is 6.54 Å². The van der Waals surface area contributed by atoms with E-state index >= 15 is 0 Å². The Balaban J connectivity index is 1.92. The number of rotatable bonds is 5. The Morgan fingerprint density at radius 2 is 2.30 bits per heavy atom. The van der Waals surface area contributed by atoms with Crippen molar-refractivity contribution in [1.29, 1.82) is 0 Å². The molecule has 0 bridgehead atoms. The molecule has 6 nitrogen and oxygen atoms in total. The summed E-state index contributed by atoms with van der Waals surface area (Å²) in [6.45, 7) is 6.79. The largest absolute Gasteiger partial charge is 0.416 e. The van der Waals surface area contributed by atoms with Crippen molar-refractivity contribution in [3.63, 3.8) is 0 Å². The minimum absolute atomic E-state index is 0.419. The van der Waals surface area contributed by atoms with Crippen LogP contribution in [0, 0.1) is 6.92 Å². The molecule has 0 amide bonds. The van der Waals surface area contributed by atoms with E-state index in [2.05, 4.69) is 38.7 Å². The average molecular weight is 309 g/mol. The van der Waals surface area contributed by atoms with Gasteiger partial charge in [-0.1, -0.05) is 13.8 Å². The van der Waals surface area contributed by atoms with Gasteiger partial charge in [0.25, 0.3) is 5.22 Å². The first-order valence-corrected chi connectivity index (χ1v) is 7.99. The number of thiazole rings is 1. The fourth-order valence-corrected chi connectivity index (χ4v) is 3.38. The van der Waals surface area contributed by atoms with Gasteiger partial charge in [0.05, 0.1) is 5.69 Å². The number of aryl methyl sites for hydroxylation is 1. The van der Waals surface area contributed by atoms with E-state index in [0.717, 1.165) is 22.2 Å². The number of aromatic nitrogens is 4. The third kappa shape index (κ3) is 2.72. The van der Waals surface area contributed by atoms with Crippen LogP contribution in [0.2, 0.25) is 0 Å². The molecule has 0 aromatic carbocycles. The van der Waals surface area contributed by atoms with Gasteiger partial charge in [0.15, 0.2) is 4.96 Å². The Hall–Kier alpha value is -1.38. The Labute approximate surface area is 124 Å². The van der Waals surface area contributed by atoms with Gasteiger partial charge in [0, 0.05) is 31.1 Å². The van der Waals surface area contributed by atoms with Crippen LogP contribution in [0.4, 0.5) is 0 Å². The molecule has 3 aromatic heterocycles. The number of fused-ring (bicyclic) bond motifs is 1. The molecular weight excluding hydrogens is 294 g/mol. The van der Waals surface area contributed by atoms with E-state index in [-0.39, 0.29) is 0 Å². The van der Waals surface area contributed by atoms with Crippen LogP contribution in [0.15, 0.2) is 26.2 Å². The highest BCUT2D eigenvalue weighted by atomic mass is 32.2. The Kier molecular flexibility index (Phi) is 3.77. The number of nitrogens with one attached hydrogen (secondary N) is 1. The normalized spacial score (nSPS) is 11.8. The molecule has 20 heavy (non-hydrogen) atoms. The first-order chi connectivity index (χ1) is 9.63. The van der Waals surface area contributed by atoms with Gasteiger partial charge in [-0.05, 0) is 11.8 Å². The molecule has 0 spiro atoms. The molecule has 0 atom stereocenters. The second-order valence-corrected chi connectivity index (χ2v) is 6.46. The van der Waals surface area contributed by atoms with Gasteiger partial charge < -0.3 is 9.73 Å². The van der Waals surface area contributed by atoms with Gasteiger partial charge in [-0.25, -0.2) is 4.98 Å². The maximum Gasteiger partial charge on any atom is 0.282 e. The van der Waals surface area contributed by atoms with Gasteiger partial charge in [-0.15, -0.1) is 21.5 Å². The van der Waals surface area contributed by atoms with Crippen LogP contribution in [0.5, 0.6) is 0 Å². The first kappa shape index (κ1) is 13.6. The zero-order valence-corrected chi connectivity index (χ0v) is 13.1. The highest BCUT2D eigenvalue weighted by Gasteiger charge is 2.17. The van der Waals surface area contributed by atoms with E-state index < -0.39 is 0 Å². The molecule has 0 fully saturated rings. The van der Waals surface area contributed by atoms with Crippen LogP contribution in [0.1, 0.15) is 25.4 Å². The molecule has 0 saturated carbocycles. The molecule has 0 aliphatic rings. The van der Waals surface area contributed by atoms with E-state index in [4.69, 9.17) is 4.42 Å². The predicted molar refractivity (Wildman–Crippen MR) is 78.2 cm³/mol. The number of hydrogen-bond acceptors (Lipinski definition) is 7. The Morgan fingerprint density at radius 1 is 1.45 bits per heavy atom. The van der Waals surface area contributed by atoms with E-state index in [0.29, 0.717) is 17.2 Å². The topological polar surface area (TPSA) is 68.2 Å². The lowest BCUT2D eigenvalue weighted by Crippen LogP contribution is -2.22. The molecule has 8 heteroatoms. The van der Waals surface area contributed by atoms with Crippen molar-refractivity contribution in [2.45, 2.75) is 43.6 Å². The van der Waals surface area contributed by atoms with Crippen LogP contribution in [-0.4, -0.2) is 25.6 Å². The van der Waals surface area contributed by atoms with Gasteiger partial charge in [0.2, 0.25) is 5.89 Å². The van der Waals surface area contributed by atoms with Crippen molar-refractivity contribution in [2.24, 2.45) is 0 Å². The van der Waals surface area contributed by atoms with Crippen LogP contribution in [0.3, 0.4) is 0 Å². The number of imidazole rings is 1. The van der Waals surface area contributed by atoms with Crippen molar-refractivity contribution >= 4 is 28.1 Å². The molecule has 0 aliphatic carbocycles. The minimum atomic E-state index is 0.419. The van der Waals surface area contributed by atoms with Crippen molar-refractivity contribution in [1.82, 2.24) is 24.9 Å². The van der Waals surface area contributed by atoms with Gasteiger partial charge >= 0.3 is 0 Å². The van der Waals surface area contributed by atoms with Crippen LogP contribution < -0.4 is 5.32 Å². The van der Waals surface area contributed by atoms with Crippen LogP contribution >= 0.6 is 23.1 Å². The molecule has 0 saturated heterocycles. The fraction of sp³-hybridized carbons (Fsp3) is 0.417. The van der Waals surface area contributed by atoms with E-state index in [1.54, 1.807) is 18.3 Å². The monoisotopic (exact) mass is 309 g/mol. The van der Waals surface area contributed by atoms with Crippen molar-refractivity contribution in [3.8, 4) is 0 Å². The van der Waals surface area contributed by atoms with E-state index in [9.17, 15) is 0 Å². The molecule has 3 rings (SSSR count). The molecule has 3 heterocycles. The summed E-state index contributed by atoms with van der Waals surface area (Å²) in [6, 6.07) is 0.419. The lowest BCUT2D eigenvalue weighted by atomic mass is 10.3. The minimum Gasteiger partial charge on any atom is -0.416 e. The highest BCUT2D eigenvalue weighted by molar-refractivity contribution is 7.99.